The maximum Gasteiger partial charge on any atom is 0.276 e. The Balaban J connectivity index is 1.58. The van der Waals surface area contributed by atoms with Crippen molar-refractivity contribution in [1.82, 2.24) is 19.9 Å². The number of rotatable bonds is 4. The Morgan fingerprint density at radius 2 is 1.92 bits per heavy atom. The van der Waals surface area contributed by atoms with Gasteiger partial charge in [-0.3, -0.25) is 4.79 Å². The average Bonchev–Trinajstić information content (AvgIpc) is 2.99. The predicted molar refractivity (Wildman–Crippen MR) is 89.1 cm³/mol. The number of amides is 1. The highest BCUT2D eigenvalue weighted by Gasteiger charge is 2.27. The predicted octanol–water partition coefficient (Wildman–Crippen LogP) is 2.98. The highest BCUT2D eigenvalue weighted by molar-refractivity contribution is 5.93. The van der Waals surface area contributed by atoms with Gasteiger partial charge in [0.1, 0.15) is 0 Å². The van der Waals surface area contributed by atoms with E-state index in [0.717, 1.165) is 18.4 Å². The van der Waals surface area contributed by atoms with Crippen molar-refractivity contribution in [2.24, 2.45) is 5.92 Å². The summed E-state index contributed by atoms with van der Waals surface area (Å²) < 4.78 is 26.3. The molecule has 0 spiro atoms. The average molecular weight is 348 g/mol. The van der Waals surface area contributed by atoms with Crippen molar-refractivity contribution in [3.05, 3.63) is 46.8 Å². The van der Waals surface area contributed by atoms with Crippen LogP contribution in [0.5, 0.6) is 0 Å². The summed E-state index contributed by atoms with van der Waals surface area (Å²) in [7, 11) is 0. The molecule has 5 nitrogen and oxygen atoms in total. The number of benzene rings is 1. The minimum Gasteiger partial charge on any atom is -0.337 e. The molecule has 1 aromatic heterocycles. The van der Waals surface area contributed by atoms with Gasteiger partial charge in [-0.1, -0.05) is 6.07 Å². The molecule has 1 aliphatic rings. The first kappa shape index (κ1) is 17.5. The molecule has 0 aliphatic carbocycles. The van der Waals surface area contributed by atoms with Gasteiger partial charge in [0.25, 0.3) is 5.91 Å². The molecule has 0 bridgehead atoms. The number of aromatic nitrogens is 3. The van der Waals surface area contributed by atoms with Crippen LogP contribution in [0.2, 0.25) is 0 Å². The molecular formula is C18H22F2N4O. The van der Waals surface area contributed by atoms with E-state index in [4.69, 9.17) is 0 Å². The van der Waals surface area contributed by atoms with Gasteiger partial charge in [-0.2, -0.15) is 9.90 Å². The summed E-state index contributed by atoms with van der Waals surface area (Å²) in [6.07, 6.45) is 2.38. The molecule has 0 atom stereocenters. The number of piperidine rings is 1. The Labute approximate surface area is 145 Å². The number of likely N-dealkylation sites (tertiary alicyclic amines) is 1. The standard InChI is InChI=1S/C18H22F2N4O/c1-3-24-21-12(2)17(22-24)18(25)23-8-6-13(7-9-23)10-14-4-5-15(19)16(20)11-14/h4-5,11,13H,3,6-10H2,1-2H3. The maximum absolute atomic E-state index is 13.3. The van der Waals surface area contributed by atoms with E-state index < -0.39 is 11.6 Å². The second kappa shape index (κ2) is 7.29. The largest absolute Gasteiger partial charge is 0.337 e. The van der Waals surface area contributed by atoms with Crippen molar-refractivity contribution >= 4 is 5.91 Å². The highest BCUT2D eigenvalue weighted by atomic mass is 19.2. The lowest BCUT2D eigenvalue weighted by Gasteiger charge is -2.31. The molecule has 134 valence electrons. The molecule has 1 saturated heterocycles. The zero-order valence-electron chi connectivity index (χ0n) is 14.5. The summed E-state index contributed by atoms with van der Waals surface area (Å²) in [6.45, 7) is 5.64. The summed E-state index contributed by atoms with van der Waals surface area (Å²) in [5, 5.41) is 8.47. The molecule has 0 radical (unpaired) electrons. The van der Waals surface area contributed by atoms with Crippen molar-refractivity contribution < 1.29 is 13.6 Å². The lowest BCUT2D eigenvalue weighted by Crippen LogP contribution is -2.39. The fraction of sp³-hybridized carbons (Fsp3) is 0.500. The smallest absolute Gasteiger partial charge is 0.276 e. The molecule has 0 unspecified atom stereocenters. The molecule has 0 saturated carbocycles. The van der Waals surface area contributed by atoms with Crippen LogP contribution in [0, 0.1) is 24.5 Å². The Morgan fingerprint density at radius 1 is 1.20 bits per heavy atom. The van der Waals surface area contributed by atoms with Crippen LogP contribution >= 0.6 is 0 Å². The van der Waals surface area contributed by atoms with Crippen LogP contribution in [0.4, 0.5) is 8.78 Å². The van der Waals surface area contributed by atoms with Crippen molar-refractivity contribution in [3.8, 4) is 0 Å². The van der Waals surface area contributed by atoms with Crippen molar-refractivity contribution in [1.29, 1.82) is 0 Å². The first-order valence-corrected chi connectivity index (χ1v) is 8.63. The number of hydrogen-bond donors (Lipinski definition) is 0. The van der Waals surface area contributed by atoms with E-state index in [-0.39, 0.29) is 5.91 Å². The van der Waals surface area contributed by atoms with Crippen LogP contribution in [0.1, 0.15) is 41.5 Å². The zero-order valence-corrected chi connectivity index (χ0v) is 14.5. The zero-order chi connectivity index (χ0) is 18.0. The molecule has 1 aromatic carbocycles. The number of carbonyl (C=O) groups excluding carboxylic acids is 1. The Morgan fingerprint density at radius 3 is 2.52 bits per heavy atom. The number of nitrogens with zero attached hydrogens (tertiary/aromatic N) is 4. The van der Waals surface area contributed by atoms with E-state index in [0.29, 0.717) is 43.4 Å². The van der Waals surface area contributed by atoms with Gasteiger partial charge >= 0.3 is 0 Å². The Bertz CT molecular complexity index is 766. The van der Waals surface area contributed by atoms with E-state index >= 15 is 0 Å². The van der Waals surface area contributed by atoms with Crippen LogP contribution in [-0.4, -0.2) is 38.9 Å². The minimum absolute atomic E-state index is 0.0801. The summed E-state index contributed by atoms with van der Waals surface area (Å²) in [5.74, 6) is -1.34. The van der Waals surface area contributed by atoms with Gasteiger partial charge in [-0.25, -0.2) is 8.78 Å². The van der Waals surface area contributed by atoms with Gasteiger partial charge in [0, 0.05) is 13.1 Å². The minimum atomic E-state index is -0.820. The van der Waals surface area contributed by atoms with E-state index in [1.54, 1.807) is 17.9 Å². The van der Waals surface area contributed by atoms with Gasteiger partial charge in [-0.05, 0) is 56.7 Å². The van der Waals surface area contributed by atoms with Crippen LogP contribution < -0.4 is 0 Å². The van der Waals surface area contributed by atoms with Gasteiger partial charge < -0.3 is 4.90 Å². The number of aryl methyl sites for hydroxylation is 2. The molecule has 1 aliphatic heterocycles. The lowest BCUT2D eigenvalue weighted by molar-refractivity contribution is 0.0683. The van der Waals surface area contributed by atoms with E-state index in [1.165, 1.54) is 16.9 Å². The van der Waals surface area contributed by atoms with E-state index in [1.807, 2.05) is 6.92 Å². The molecule has 25 heavy (non-hydrogen) atoms. The Hall–Kier alpha value is -2.31. The molecule has 0 N–H and O–H groups in total. The molecule has 1 fully saturated rings. The van der Waals surface area contributed by atoms with E-state index in [2.05, 4.69) is 10.2 Å². The molecule has 2 aromatic rings. The molecular weight excluding hydrogens is 326 g/mol. The molecule has 2 heterocycles. The highest BCUT2D eigenvalue weighted by Crippen LogP contribution is 2.23. The number of halogens is 2. The van der Waals surface area contributed by atoms with Crippen LogP contribution in [0.3, 0.4) is 0 Å². The third kappa shape index (κ3) is 3.86. The van der Waals surface area contributed by atoms with Gasteiger partial charge in [-0.15, -0.1) is 5.10 Å². The van der Waals surface area contributed by atoms with Crippen molar-refractivity contribution in [2.75, 3.05) is 13.1 Å². The topological polar surface area (TPSA) is 51.0 Å². The van der Waals surface area contributed by atoms with Crippen LogP contribution in [-0.2, 0) is 13.0 Å². The fourth-order valence-corrected chi connectivity index (χ4v) is 3.26. The second-order valence-corrected chi connectivity index (χ2v) is 6.51. The summed E-state index contributed by atoms with van der Waals surface area (Å²) in [4.78, 5) is 15.9. The van der Waals surface area contributed by atoms with Gasteiger partial charge in [0.05, 0.1) is 12.2 Å². The van der Waals surface area contributed by atoms with Gasteiger partial charge in [0.15, 0.2) is 17.3 Å². The maximum atomic E-state index is 13.3. The number of hydrogen-bond acceptors (Lipinski definition) is 3. The van der Waals surface area contributed by atoms with Crippen molar-refractivity contribution in [3.63, 3.8) is 0 Å². The quantitative estimate of drug-likeness (QED) is 0.853. The summed E-state index contributed by atoms with van der Waals surface area (Å²) >= 11 is 0. The monoisotopic (exact) mass is 348 g/mol. The number of carbonyl (C=O) groups is 1. The first-order chi connectivity index (χ1) is 12.0. The fourth-order valence-electron chi connectivity index (χ4n) is 3.26. The van der Waals surface area contributed by atoms with Crippen LogP contribution in [0.15, 0.2) is 18.2 Å². The summed E-state index contributed by atoms with van der Waals surface area (Å²) in [6, 6.07) is 4.06. The molecule has 3 rings (SSSR count). The van der Waals surface area contributed by atoms with Crippen molar-refractivity contribution in [2.45, 2.75) is 39.7 Å². The first-order valence-electron chi connectivity index (χ1n) is 8.63. The third-order valence-corrected chi connectivity index (χ3v) is 4.72. The second-order valence-electron chi connectivity index (χ2n) is 6.51. The SMILES string of the molecule is CCn1nc(C)c(C(=O)N2CCC(Cc3ccc(F)c(F)c3)CC2)n1. The van der Waals surface area contributed by atoms with E-state index in [9.17, 15) is 13.6 Å². The Kier molecular flexibility index (Phi) is 5.11. The third-order valence-electron chi connectivity index (χ3n) is 4.72. The van der Waals surface area contributed by atoms with Gasteiger partial charge in [0.2, 0.25) is 0 Å². The summed E-state index contributed by atoms with van der Waals surface area (Å²) in [5.41, 5.74) is 1.86. The van der Waals surface area contributed by atoms with Crippen LogP contribution in [0.25, 0.3) is 0 Å². The molecule has 1 amide bonds. The molecule has 7 heteroatoms. The normalized spacial score (nSPS) is 15.6. The lowest BCUT2D eigenvalue weighted by atomic mass is 9.90.